The molecule has 1 aromatic rings. The SMILES string of the molecule is C=C(O)/C=C(\C)[C@H](CN(CC/C(C)=C/CO)C(=O)Cc1ccc(CC=O)cc1)C(=C)/C=C\C=C/C. The molecule has 1 amide bonds. The molecule has 1 rings (SSSR count). The molecule has 0 aliphatic carbocycles. The lowest BCUT2D eigenvalue weighted by molar-refractivity contribution is -0.130. The summed E-state index contributed by atoms with van der Waals surface area (Å²) in [6, 6.07) is 7.49. The lowest BCUT2D eigenvalue weighted by Crippen LogP contribution is -2.38. The number of allylic oxidation sites excluding steroid dienone is 5. The molecule has 1 atom stereocenters. The van der Waals surface area contributed by atoms with Crippen LogP contribution < -0.4 is 0 Å². The van der Waals surface area contributed by atoms with Gasteiger partial charge in [-0.1, -0.05) is 78.9 Å². The van der Waals surface area contributed by atoms with Crippen molar-refractivity contribution in [3.05, 3.63) is 107 Å². The van der Waals surface area contributed by atoms with Crippen LogP contribution in [0.15, 0.2) is 96.4 Å². The molecule has 2 N–H and O–H groups in total. The van der Waals surface area contributed by atoms with E-state index in [1.807, 2.05) is 74.2 Å². The lowest BCUT2D eigenvalue weighted by Gasteiger charge is -2.29. The molecule has 0 bridgehead atoms. The van der Waals surface area contributed by atoms with Gasteiger partial charge in [0, 0.05) is 25.4 Å². The smallest absolute Gasteiger partial charge is 0.227 e. The van der Waals surface area contributed by atoms with Gasteiger partial charge in [0.15, 0.2) is 0 Å². The number of nitrogens with zero attached hydrogens (tertiary/aromatic N) is 1. The highest BCUT2D eigenvalue weighted by molar-refractivity contribution is 5.79. The van der Waals surface area contributed by atoms with Crippen molar-refractivity contribution in [2.45, 2.75) is 40.0 Å². The molecule has 35 heavy (non-hydrogen) atoms. The van der Waals surface area contributed by atoms with Crippen LogP contribution in [0, 0.1) is 5.92 Å². The highest BCUT2D eigenvalue weighted by Gasteiger charge is 2.22. The van der Waals surface area contributed by atoms with E-state index in [-0.39, 0.29) is 30.6 Å². The zero-order valence-corrected chi connectivity index (χ0v) is 21.2. The Balaban J connectivity index is 3.22. The average Bonchev–Trinajstić information content (AvgIpc) is 2.80. The number of carbonyl (C=O) groups is 2. The molecule has 0 fully saturated rings. The van der Waals surface area contributed by atoms with Gasteiger partial charge < -0.3 is 19.9 Å². The number of hydrogen-bond donors (Lipinski definition) is 2. The highest BCUT2D eigenvalue weighted by atomic mass is 16.3. The van der Waals surface area contributed by atoms with Crippen LogP contribution in [0.3, 0.4) is 0 Å². The Labute approximate surface area is 210 Å². The third-order valence-electron chi connectivity index (χ3n) is 5.67. The van der Waals surface area contributed by atoms with Gasteiger partial charge in [0.1, 0.15) is 12.0 Å². The van der Waals surface area contributed by atoms with Crippen molar-refractivity contribution in [2.24, 2.45) is 5.92 Å². The largest absolute Gasteiger partial charge is 0.509 e. The quantitative estimate of drug-likeness (QED) is 0.152. The van der Waals surface area contributed by atoms with Gasteiger partial charge in [-0.2, -0.15) is 0 Å². The fourth-order valence-electron chi connectivity index (χ4n) is 3.61. The number of amides is 1. The predicted molar refractivity (Wildman–Crippen MR) is 144 cm³/mol. The zero-order valence-electron chi connectivity index (χ0n) is 21.2. The number of rotatable bonds is 15. The monoisotopic (exact) mass is 477 g/mol. The van der Waals surface area contributed by atoms with Gasteiger partial charge >= 0.3 is 0 Å². The molecule has 5 nitrogen and oxygen atoms in total. The average molecular weight is 478 g/mol. The minimum absolute atomic E-state index is 0.0317. The summed E-state index contributed by atoms with van der Waals surface area (Å²) in [5, 5.41) is 18.9. The van der Waals surface area contributed by atoms with Gasteiger partial charge in [0.25, 0.3) is 0 Å². The van der Waals surface area contributed by atoms with Gasteiger partial charge in [-0.15, -0.1) is 0 Å². The third kappa shape index (κ3) is 11.5. The molecule has 0 saturated carbocycles. The standard InChI is InChI=1S/C30H39NO4/c1-6-7-8-9-24(3)29(25(4)20-26(5)34)22-31(17-14-23(2)15-18-32)30(35)21-28-12-10-27(11-13-28)16-19-33/h6-13,15,19-20,29,32,34H,3,5,14,16-18,21-22H2,1-2,4H3/b7-6-,9-8-,23-15+,25-20+/t29-/m1/s1. The minimum atomic E-state index is -0.207. The first kappa shape index (κ1) is 29.6. The van der Waals surface area contributed by atoms with E-state index in [0.29, 0.717) is 25.9 Å². The molecule has 0 radical (unpaired) electrons. The molecule has 0 heterocycles. The Morgan fingerprint density at radius 3 is 2.34 bits per heavy atom. The number of hydrogen-bond acceptors (Lipinski definition) is 4. The first-order valence-corrected chi connectivity index (χ1v) is 11.8. The van der Waals surface area contributed by atoms with Crippen LogP contribution in [0.2, 0.25) is 0 Å². The zero-order chi connectivity index (χ0) is 26.2. The Morgan fingerprint density at radius 1 is 1.11 bits per heavy atom. The van der Waals surface area contributed by atoms with E-state index in [4.69, 9.17) is 0 Å². The molecule has 188 valence electrons. The molecule has 0 aliphatic heterocycles. The van der Waals surface area contributed by atoms with Gasteiger partial charge in [0.2, 0.25) is 5.91 Å². The fourth-order valence-corrected chi connectivity index (χ4v) is 3.61. The summed E-state index contributed by atoms with van der Waals surface area (Å²) >= 11 is 0. The van der Waals surface area contributed by atoms with Crippen molar-refractivity contribution in [3.8, 4) is 0 Å². The van der Waals surface area contributed by atoms with Crippen molar-refractivity contribution < 1.29 is 19.8 Å². The van der Waals surface area contributed by atoms with Crippen molar-refractivity contribution in [1.29, 1.82) is 0 Å². The minimum Gasteiger partial charge on any atom is -0.509 e. The first-order chi connectivity index (χ1) is 16.7. The van der Waals surface area contributed by atoms with Crippen LogP contribution in [-0.4, -0.2) is 47.0 Å². The number of aldehydes is 1. The summed E-state index contributed by atoms with van der Waals surface area (Å²) in [5.41, 5.74) is 4.45. The lowest BCUT2D eigenvalue weighted by atomic mass is 9.90. The van der Waals surface area contributed by atoms with E-state index >= 15 is 0 Å². The van der Waals surface area contributed by atoms with Crippen molar-refractivity contribution >= 4 is 12.2 Å². The maximum absolute atomic E-state index is 13.4. The van der Waals surface area contributed by atoms with Gasteiger partial charge in [-0.3, -0.25) is 4.79 Å². The summed E-state index contributed by atoms with van der Waals surface area (Å²) in [5.74, 6) is -0.287. The maximum Gasteiger partial charge on any atom is 0.227 e. The summed E-state index contributed by atoms with van der Waals surface area (Å²) in [6.07, 6.45) is 13.1. The molecule has 0 aliphatic rings. The van der Waals surface area contributed by atoms with Crippen molar-refractivity contribution in [3.63, 3.8) is 0 Å². The summed E-state index contributed by atoms with van der Waals surface area (Å²) < 4.78 is 0. The summed E-state index contributed by atoms with van der Waals surface area (Å²) in [6.45, 7) is 14.4. The van der Waals surface area contributed by atoms with E-state index in [1.54, 1.807) is 12.2 Å². The van der Waals surface area contributed by atoms with E-state index in [2.05, 4.69) is 13.2 Å². The Bertz CT molecular complexity index is 980. The molecular weight excluding hydrogens is 438 g/mol. The predicted octanol–water partition coefficient (Wildman–Crippen LogP) is 5.45. The second-order valence-corrected chi connectivity index (χ2v) is 8.58. The van der Waals surface area contributed by atoms with E-state index in [1.165, 1.54) is 0 Å². The molecule has 1 aromatic carbocycles. The third-order valence-corrected chi connectivity index (χ3v) is 5.67. The molecule has 0 spiro atoms. The van der Waals surface area contributed by atoms with E-state index in [9.17, 15) is 19.8 Å². The normalized spacial score (nSPS) is 13.3. The van der Waals surface area contributed by atoms with Crippen LogP contribution in [0.25, 0.3) is 0 Å². The molecule has 0 aromatic heterocycles. The van der Waals surface area contributed by atoms with Crippen molar-refractivity contribution in [2.75, 3.05) is 19.7 Å². The number of carbonyl (C=O) groups excluding carboxylic acids is 2. The van der Waals surface area contributed by atoms with E-state index < -0.39 is 0 Å². The molecular formula is C30H39NO4. The first-order valence-electron chi connectivity index (χ1n) is 11.8. The van der Waals surface area contributed by atoms with Crippen LogP contribution in [0.5, 0.6) is 0 Å². The van der Waals surface area contributed by atoms with Gasteiger partial charge in [0.05, 0.1) is 13.0 Å². The van der Waals surface area contributed by atoms with Crippen LogP contribution in [0.4, 0.5) is 0 Å². The molecule has 5 heteroatoms. The Kier molecular flexibility index (Phi) is 13.7. The van der Waals surface area contributed by atoms with Crippen LogP contribution >= 0.6 is 0 Å². The highest BCUT2D eigenvalue weighted by Crippen LogP contribution is 2.24. The molecule has 0 saturated heterocycles. The maximum atomic E-state index is 13.4. The van der Waals surface area contributed by atoms with Gasteiger partial charge in [-0.05, 0) is 50.0 Å². The second kappa shape index (κ2) is 16.2. The summed E-state index contributed by atoms with van der Waals surface area (Å²) in [4.78, 5) is 26.0. The van der Waals surface area contributed by atoms with Crippen LogP contribution in [-0.2, 0) is 22.4 Å². The van der Waals surface area contributed by atoms with Crippen LogP contribution in [0.1, 0.15) is 38.3 Å². The van der Waals surface area contributed by atoms with E-state index in [0.717, 1.165) is 34.1 Å². The van der Waals surface area contributed by atoms with Gasteiger partial charge in [-0.25, -0.2) is 0 Å². The Morgan fingerprint density at radius 2 is 1.77 bits per heavy atom. The molecule has 0 unspecified atom stereocenters. The topological polar surface area (TPSA) is 77.8 Å². The van der Waals surface area contributed by atoms with Crippen molar-refractivity contribution in [1.82, 2.24) is 4.90 Å². The second-order valence-electron chi connectivity index (χ2n) is 8.58. The number of aliphatic hydroxyl groups is 2. The fraction of sp³-hybridized carbons (Fsp3) is 0.333. The summed E-state index contributed by atoms with van der Waals surface area (Å²) in [7, 11) is 0. The Hall–Kier alpha value is -3.44. The number of benzene rings is 1. The number of aliphatic hydroxyl groups excluding tert-OH is 2.